The molecule has 0 spiro atoms. The number of benzene rings is 2. The van der Waals surface area contributed by atoms with Gasteiger partial charge in [-0.05, 0) is 42.8 Å². The van der Waals surface area contributed by atoms with Crippen LogP contribution in [0.1, 0.15) is 49.6 Å². The molecule has 1 atom stereocenters. The number of rotatable bonds is 3. The Labute approximate surface area is 144 Å². The molecule has 0 aromatic heterocycles. The third-order valence-corrected chi connectivity index (χ3v) is 4.28. The van der Waals surface area contributed by atoms with E-state index in [2.05, 4.69) is 5.32 Å². The van der Waals surface area contributed by atoms with E-state index in [0.29, 0.717) is 16.1 Å². The van der Waals surface area contributed by atoms with Crippen molar-refractivity contribution in [3.8, 4) is 0 Å². The number of halogens is 1. The van der Waals surface area contributed by atoms with Crippen LogP contribution in [0, 0.1) is 0 Å². The van der Waals surface area contributed by atoms with Crippen LogP contribution in [0.5, 0.6) is 0 Å². The lowest BCUT2D eigenvalue weighted by Crippen LogP contribution is -2.27. The second-order valence-electron chi connectivity index (χ2n) is 5.68. The summed E-state index contributed by atoms with van der Waals surface area (Å²) in [7, 11) is 1.42. The van der Waals surface area contributed by atoms with E-state index >= 15 is 0 Å². The molecule has 1 aliphatic rings. The fourth-order valence-electron chi connectivity index (χ4n) is 2.64. The van der Waals surface area contributed by atoms with Crippen LogP contribution in [0.3, 0.4) is 0 Å². The van der Waals surface area contributed by atoms with E-state index < -0.39 is 5.91 Å². The van der Waals surface area contributed by atoms with Gasteiger partial charge in [-0.2, -0.15) is 0 Å². The van der Waals surface area contributed by atoms with Gasteiger partial charge in [0.25, 0.3) is 17.7 Å². The van der Waals surface area contributed by atoms with Gasteiger partial charge in [0.15, 0.2) is 0 Å². The number of nitrogens with one attached hydrogen (secondary N) is 1. The Morgan fingerprint density at radius 2 is 1.79 bits per heavy atom. The lowest BCUT2D eigenvalue weighted by Gasteiger charge is -2.15. The first-order valence-electron chi connectivity index (χ1n) is 7.41. The summed E-state index contributed by atoms with van der Waals surface area (Å²) in [6.07, 6.45) is 0. The Bertz CT molecular complexity index is 863. The van der Waals surface area contributed by atoms with E-state index in [1.165, 1.54) is 19.2 Å². The average Bonchev–Trinajstić information content (AvgIpc) is 2.79. The fraction of sp³-hybridized carbons (Fsp3) is 0.167. The van der Waals surface area contributed by atoms with Gasteiger partial charge in [0.1, 0.15) is 0 Å². The van der Waals surface area contributed by atoms with Crippen molar-refractivity contribution in [3.63, 3.8) is 0 Å². The molecule has 0 bridgehead atoms. The van der Waals surface area contributed by atoms with E-state index in [4.69, 9.17) is 11.6 Å². The molecule has 0 saturated carbocycles. The molecule has 24 heavy (non-hydrogen) atoms. The van der Waals surface area contributed by atoms with Gasteiger partial charge >= 0.3 is 0 Å². The highest BCUT2D eigenvalue weighted by molar-refractivity contribution is 6.30. The minimum absolute atomic E-state index is 0.246. The number of carbonyl (C=O) groups is 3. The zero-order chi connectivity index (χ0) is 17.4. The zero-order valence-electron chi connectivity index (χ0n) is 13.2. The maximum Gasteiger partial charge on any atom is 0.261 e. The second-order valence-corrected chi connectivity index (χ2v) is 6.12. The largest absolute Gasteiger partial charge is 0.346 e. The number of hydrogen-bond donors (Lipinski definition) is 1. The highest BCUT2D eigenvalue weighted by Crippen LogP contribution is 2.23. The number of carbonyl (C=O) groups excluding carboxylic acids is 3. The van der Waals surface area contributed by atoms with Gasteiger partial charge in [0.05, 0.1) is 17.2 Å². The summed E-state index contributed by atoms with van der Waals surface area (Å²) in [4.78, 5) is 37.4. The van der Waals surface area contributed by atoms with Gasteiger partial charge in [-0.15, -0.1) is 0 Å². The molecule has 0 saturated heterocycles. The SMILES string of the molecule is CC(NC(=O)c1ccc2c(c1)C(=O)N(C)C2=O)c1cccc(Cl)c1. The molecule has 0 fully saturated rings. The van der Waals surface area contributed by atoms with Crippen LogP contribution in [0.2, 0.25) is 5.02 Å². The molecule has 2 aromatic carbocycles. The van der Waals surface area contributed by atoms with E-state index in [0.717, 1.165) is 10.5 Å². The van der Waals surface area contributed by atoms with Crippen molar-refractivity contribution in [2.75, 3.05) is 7.05 Å². The van der Waals surface area contributed by atoms with E-state index in [1.54, 1.807) is 18.2 Å². The minimum atomic E-state index is -0.396. The van der Waals surface area contributed by atoms with Crippen LogP contribution in [0.15, 0.2) is 42.5 Å². The Morgan fingerprint density at radius 3 is 2.50 bits per heavy atom. The first-order chi connectivity index (χ1) is 11.4. The van der Waals surface area contributed by atoms with Crippen LogP contribution in [-0.2, 0) is 0 Å². The van der Waals surface area contributed by atoms with Crippen molar-refractivity contribution in [3.05, 3.63) is 69.7 Å². The van der Waals surface area contributed by atoms with Crippen LogP contribution in [0.4, 0.5) is 0 Å². The zero-order valence-corrected chi connectivity index (χ0v) is 13.9. The summed E-state index contributed by atoms with van der Waals surface area (Å²) in [5.74, 6) is -1.07. The highest BCUT2D eigenvalue weighted by Gasteiger charge is 2.33. The summed E-state index contributed by atoms with van der Waals surface area (Å²) in [6.45, 7) is 1.85. The molecular weight excluding hydrogens is 328 g/mol. The highest BCUT2D eigenvalue weighted by atomic mass is 35.5. The first kappa shape index (κ1) is 16.2. The smallest absolute Gasteiger partial charge is 0.261 e. The molecule has 2 aromatic rings. The van der Waals surface area contributed by atoms with Crippen molar-refractivity contribution in [2.45, 2.75) is 13.0 Å². The lowest BCUT2D eigenvalue weighted by molar-refractivity contribution is 0.0693. The van der Waals surface area contributed by atoms with Crippen LogP contribution < -0.4 is 5.32 Å². The van der Waals surface area contributed by atoms with Gasteiger partial charge < -0.3 is 5.32 Å². The molecule has 1 unspecified atom stereocenters. The maximum atomic E-state index is 12.4. The normalized spacial score (nSPS) is 14.5. The number of imide groups is 1. The van der Waals surface area contributed by atoms with Crippen molar-refractivity contribution in [1.29, 1.82) is 0 Å². The molecule has 5 nitrogen and oxygen atoms in total. The predicted octanol–water partition coefficient (Wildman–Crippen LogP) is 3.06. The van der Waals surface area contributed by atoms with Crippen LogP contribution in [-0.4, -0.2) is 29.7 Å². The molecule has 3 amide bonds. The summed E-state index contributed by atoms with van der Waals surface area (Å²) >= 11 is 5.96. The van der Waals surface area contributed by atoms with Crippen molar-refractivity contribution in [2.24, 2.45) is 0 Å². The quantitative estimate of drug-likeness (QED) is 0.872. The topological polar surface area (TPSA) is 66.5 Å². The Hall–Kier alpha value is -2.66. The third kappa shape index (κ3) is 2.78. The van der Waals surface area contributed by atoms with Gasteiger partial charge in [-0.3, -0.25) is 19.3 Å². The van der Waals surface area contributed by atoms with Gasteiger partial charge in [0, 0.05) is 17.6 Å². The molecule has 122 valence electrons. The van der Waals surface area contributed by atoms with Crippen LogP contribution in [0.25, 0.3) is 0 Å². The Balaban J connectivity index is 1.82. The van der Waals surface area contributed by atoms with E-state index in [1.807, 2.05) is 19.1 Å². The summed E-state index contributed by atoms with van der Waals surface area (Å²) in [6, 6.07) is 11.5. The first-order valence-corrected chi connectivity index (χ1v) is 7.79. The van der Waals surface area contributed by atoms with Crippen molar-refractivity contribution < 1.29 is 14.4 Å². The van der Waals surface area contributed by atoms with Gasteiger partial charge in [0.2, 0.25) is 0 Å². The Kier molecular flexibility index (Phi) is 4.11. The molecule has 1 N–H and O–H groups in total. The average molecular weight is 343 g/mol. The third-order valence-electron chi connectivity index (χ3n) is 4.05. The number of fused-ring (bicyclic) bond motifs is 1. The predicted molar refractivity (Wildman–Crippen MR) is 90.2 cm³/mol. The van der Waals surface area contributed by atoms with Crippen molar-refractivity contribution >= 4 is 29.3 Å². The van der Waals surface area contributed by atoms with E-state index in [-0.39, 0.29) is 23.4 Å². The summed E-state index contributed by atoms with van der Waals surface area (Å²) in [5.41, 5.74) is 1.79. The molecule has 0 radical (unpaired) electrons. The van der Waals surface area contributed by atoms with Gasteiger partial charge in [-0.1, -0.05) is 23.7 Å². The molecule has 3 rings (SSSR count). The monoisotopic (exact) mass is 342 g/mol. The summed E-state index contributed by atoms with van der Waals surface area (Å²) < 4.78 is 0. The summed E-state index contributed by atoms with van der Waals surface area (Å²) in [5, 5.41) is 3.46. The fourth-order valence-corrected chi connectivity index (χ4v) is 2.84. The molecule has 1 aliphatic heterocycles. The Morgan fingerprint density at radius 1 is 1.08 bits per heavy atom. The standard InChI is InChI=1S/C18H15ClN2O3/c1-10(11-4-3-5-13(19)8-11)20-16(22)12-6-7-14-15(9-12)18(24)21(2)17(14)23/h3-10H,1-2H3,(H,20,22). The number of nitrogens with zero attached hydrogens (tertiary/aromatic N) is 1. The lowest BCUT2D eigenvalue weighted by atomic mass is 10.0. The second kappa shape index (κ2) is 6.09. The molecule has 1 heterocycles. The molecule has 0 aliphatic carbocycles. The molecule has 6 heteroatoms. The molecular formula is C18H15ClN2O3. The maximum absolute atomic E-state index is 12.4. The van der Waals surface area contributed by atoms with Gasteiger partial charge in [-0.25, -0.2) is 0 Å². The van der Waals surface area contributed by atoms with Crippen molar-refractivity contribution in [1.82, 2.24) is 10.2 Å². The number of amides is 3. The minimum Gasteiger partial charge on any atom is -0.346 e. The number of hydrogen-bond acceptors (Lipinski definition) is 3. The van der Waals surface area contributed by atoms with Crippen LogP contribution >= 0.6 is 11.6 Å². The van der Waals surface area contributed by atoms with E-state index in [9.17, 15) is 14.4 Å².